The molecule has 0 aromatic carbocycles. The van der Waals surface area contributed by atoms with Gasteiger partial charge in [0, 0.05) is 0 Å². The molecule has 2 atom stereocenters. The van der Waals surface area contributed by atoms with Crippen LogP contribution in [0, 0.1) is 5.92 Å². The first kappa shape index (κ1) is 6.81. The lowest BCUT2D eigenvalue weighted by molar-refractivity contribution is 0.164. The van der Waals surface area contributed by atoms with Crippen LogP contribution in [0.3, 0.4) is 0 Å². The third-order valence-electron chi connectivity index (χ3n) is 2.18. The van der Waals surface area contributed by atoms with Crippen LogP contribution in [0.4, 0.5) is 0 Å². The van der Waals surface area contributed by atoms with Gasteiger partial charge in [-0.3, -0.25) is 0 Å². The molecular formula is C8H14O. The summed E-state index contributed by atoms with van der Waals surface area (Å²) in [6, 6.07) is 0. The van der Waals surface area contributed by atoms with Gasteiger partial charge < -0.3 is 5.11 Å². The molecule has 0 radical (unpaired) electrons. The van der Waals surface area contributed by atoms with Crippen LogP contribution < -0.4 is 0 Å². The zero-order chi connectivity index (χ0) is 6.85. The molecule has 1 nitrogen and oxygen atoms in total. The maximum atomic E-state index is 9.25. The van der Waals surface area contributed by atoms with Gasteiger partial charge in [-0.15, -0.1) is 0 Å². The Balaban J connectivity index is 2.52. The average molecular weight is 126 g/mol. The fourth-order valence-corrected chi connectivity index (χ4v) is 1.32. The van der Waals surface area contributed by atoms with Crippen LogP contribution in [0.2, 0.25) is 0 Å². The van der Waals surface area contributed by atoms with Crippen molar-refractivity contribution < 1.29 is 5.11 Å². The molecule has 52 valence electrons. The summed E-state index contributed by atoms with van der Waals surface area (Å²) < 4.78 is 0. The largest absolute Gasteiger partial charge is 0.389 e. The number of aliphatic hydroxyl groups excluding tert-OH is 1. The third kappa shape index (κ3) is 1.33. The highest BCUT2D eigenvalue weighted by atomic mass is 16.3. The van der Waals surface area contributed by atoms with Gasteiger partial charge in [0.2, 0.25) is 0 Å². The molecule has 1 fully saturated rings. The van der Waals surface area contributed by atoms with Gasteiger partial charge in [0.25, 0.3) is 0 Å². The Kier molecular flexibility index (Phi) is 1.91. The summed E-state index contributed by atoms with van der Waals surface area (Å²) in [4.78, 5) is 0. The van der Waals surface area contributed by atoms with Crippen LogP contribution in [0.1, 0.15) is 26.2 Å². The highest BCUT2D eigenvalue weighted by Gasteiger charge is 2.19. The maximum Gasteiger partial charge on any atom is 0.0750 e. The lowest BCUT2D eigenvalue weighted by atomic mass is 9.85. The van der Waals surface area contributed by atoms with Crippen molar-refractivity contribution in [1.82, 2.24) is 0 Å². The molecule has 0 saturated heterocycles. The summed E-state index contributed by atoms with van der Waals surface area (Å²) in [6.07, 6.45) is 3.06. The molecule has 2 unspecified atom stereocenters. The summed E-state index contributed by atoms with van der Waals surface area (Å²) in [5.74, 6) is 0.536. The van der Waals surface area contributed by atoms with Crippen molar-refractivity contribution in [2.45, 2.75) is 32.3 Å². The van der Waals surface area contributed by atoms with Crippen LogP contribution >= 0.6 is 0 Å². The minimum atomic E-state index is -0.214. The predicted octanol–water partition coefficient (Wildman–Crippen LogP) is 1.72. The van der Waals surface area contributed by atoms with E-state index in [2.05, 4.69) is 13.5 Å². The maximum absolute atomic E-state index is 9.25. The van der Waals surface area contributed by atoms with Crippen molar-refractivity contribution in [2.75, 3.05) is 0 Å². The van der Waals surface area contributed by atoms with Gasteiger partial charge in [-0.05, 0) is 30.8 Å². The van der Waals surface area contributed by atoms with E-state index in [1.807, 2.05) is 0 Å². The Morgan fingerprint density at radius 2 is 2.22 bits per heavy atom. The van der Waals surface area contributed by atoms with Crippen molar-refractivity contribution in [3.05, 3.63) is 12.2 Å². The second-order valence-corrected chi connectivity index (χ2v) is 2.92. The van der Waals surface area contributed by atoms with Gasteiger partial charge in [-0.25, -0.2) is 0 Å². The van der Waals surface area contributed by atoms with Crippen LogP contribution in [0.15, 0.2) is 12.2 Å². The Bertz CT molecular complexity index is 106. The Morgan fingerprint density at radius 3 is 2.67 bits per heavy atom. The van der Waals surface area contributed by atoms with Crippen molar-refractivity contribution in [3.8, 4) is 0 Å². The first-order valence-electron chi connectivity index (χ1n) is 3.58. The summed E-state index contributed by atoms with van der Waals surface area (Å²) in [5.41, 5.74) is 1.03. The number of hydrogen-bond acceptors (Lipinski definition) is 1. The second-order valence-electron chi connectivity index (χ2n) is 2.92. The summed E-state index contributed by atoms with van der Waals surface area (Å²) in [6.45, 7) is 5.96. The van der Waals surface area contributed by atoms with Gasteiger partial charge in [-0.2, -0.15) is 0 Å². The highest BCUT2D eigenvalue weighted by molar-refractivity contribution is 5.08. The van der Waals surface area contributed by atoms with E-state index in [1.54, 1.807) is 0 Å². The molecule has 9 heavy (non-hydrogen) atoms. The Hall–Kier alpha value is -0.300. The fraction of sp³-hybridized carbons (Fsp3) is 0.750. The Labute approximate surface area is 56.4 Å². The molecule has 0 aromatic heterocycles. The molecule has 0 aromatic rings. The summed E-state index contributed by atoms with van der Waals surface area (Å²) in [5, 5.41) is 9.25. The summed E-state index contributed by atoms with van der Waals surface area (Å²) >= 11 is 0. The third-order valence-corrected chi connectivity index (χ3v) is 2.18. The molecule has 1 saturated carbocycles. The monoisotopic (exact) mass is 126 g/mol. The molecule has 0 aliphatic heterocycles. The van der Waals surface area contributed by atoms with Gasteiger partial charge in [0.1, 0.15) is 0 Å². The van der Waals surface area contributed by atoms with E-state index in [0.717, 1.165) is 18.4 Å². The molecule has 0 heterocycles. The van der Waals surface area contributed by atoms with E-state index in [1.165, 1.54) is 6.42 Å². The van der Waals surface area contributed by atoms with E-state index in [4.69, 9.17) is 0 Å². The molecule has 1 aliphatic rings. The van der Waals surface area contributed by atoms with Crippen LogP contribution in [-0.4, -0.2) is 11.2 Å². The molecule has 0 bridgehead atoms. The first-order valence-corrected chi connectivity index (χ1v) is 3.58. The van der Waals surface area contributed by atoms with E-state index in [-0.39, 0.29) is 6.10 Å². The second kappa shape index (κ2) is 2.53. The van der Waals surface area contributed by atoms with Gasteiger partial charge in [-0.1, -0.05) is 13.5 Å². The van der Waals surface area contributed by atoms with E-state index >= 15 is 0 Å². The lowest BCUT2D eigenvalue weighted by Gasteiger charge is -2.25. The molecule has 1 rings (SSSR count). The van der Waals surface area contributed by atoms with E-state index in [0.29, 0.717) is 5.92 Å². The smallest absolute Gasteiger partial charge is 0.0750 e. The topological polar surface area (TPSA) is 20.2 Å². The van der Waals surface area contributed by atoms with Crippen molar-refractivity contribution in [1.29, 1.82) is 0 Å². The molecule has 1 aliphatic carbocycles. The van der Waals surface area contributed by atoms with Crippen molar-refractivity contribution in [3.63, 3.8) is 0 Å². The highest BCUT2D eigenvalue weighted by Crippen LogP contribution is 2.27. The first-order chi connectivity index (χ1) is 4.22. The summed E-state index contributed by atoms with van der Waals surface area (Å²) in [7, 11) is 0. The lowest BCUT2D eigenvalue weighted by Crippen LogP contribution is -2.20. The van der Waals surface area contributed by atoms with Crippen molar-refractivity contribution >= 4 is 0 Å². The molecular weight excluding hydrogens is 112 g/mol. The SMILES string of the molecule is C=C1C(C)CCCC1O. The molecule has 0 amide bonds. The van der Waals surface area contributed by atoms with E-state index < -0.39 is 0 Å². The van der Waals surface area contributed by atoms with Crippen LogP contribution in [0.5, 0.6) is 0 Å². The number of hydrogen-bond donors (Lipinski definition) is 1. The van der Waals surface area contributed by atoms with Gasteiger partial charge >= 0.3 is 0 Å². The number of aliphatic hydroxyl groups is 1. The predicted molar refractivity (Wildman–Crippen MR) is 38.2 cm³/mol. The van der Waals surface area contributed by atoms with Crippen LogP contribution in [0.25, 0.3) is 0 Å². The quantitative estimate of drug-likeness (QED) is 0.490. The Morgan fingerprint density at radius 1 is 1.56 bits per heavy atom. The normalized spacial score (nSPS) is 36.9. The van der Waals surface area contributed by atoms with Crippen LogP contribution in [-0.2, 0) is 0 Å². The minimum absolute atomic E-state index is 0.214. The standard InChI is InChI=1S/C8H14O/c1-6-4-3-5-8(9)7(6)2/h6,8-9H,2-5H2,1H3. The zero-order valence-corrected chi connectivity index (χ0v) is 5.93. The van der Waals surface area contributed by atoms with E-state index in [9.17, 15) is 5.11 Å². The zero-order valence-electron chi connectivity index (χ0n) is 5.93. The molecule has 0 spiro atoms. The average Bonchev–Trinajstić information content (AvgIpc) is 1.83. The fourth-order valence-electron chi connectivity index (χ4n) is 1.32. The molecule has 1 heteroatoms. The van der Waals surface area contributed by atoms with Crippen molar-refractivity contribution in [2.24, 2.45) is 5.92 Å². The van der Waals surface area contributed by atoms with Gasteiger partial charge in [0.15, 0.2) is 0 Å². The van der Waals surface area contributed by atoms with Gasteiger partial charge in [0.05, 0.1) is 6.10 Å². The minimum Gasteiger partial charge on any atom is -0.389 e. The molecule has 1 N–H and O–H groups in total. The number of rotatable bonds is 0.